The van der Waals surface area contributed by atoms with Crippen LogP contribution < -0.4 is 9.47 Å². The summed E-state index contributed by atoms with van der Waals surface area (Å²) in [5, 5.41) is 0. The summed E-state index contributed by atoms with van der Waals surface area (Å²) in [6.07, 6.45) is 0.942. The van der Waals surface area contributed by atoms with Crippen LogP contribution in [0.1, 0.15) is 24.8 Å². The van der Waals surface area contributed by atoms with Crippen LogP contribution in [0, 0.1) is 5.92 Å². The van der Waals surface area contributed by atoms with E-state index in [0.717, 1.165) is 23.5 Å². The molecule has 1 unspecified atom stereocenters. The number of hydrogen-bond donors (Lipinski definition) is 0. The van der Waals surface area contributed by atoms with Crippen molar-refractivity contribution in [2.45, 2.75) is 19.3 Å². The summed E-state index contributed by atoms with van der Waals surface area (Å²) in [6, 6.07) is 5.77. The molecule has 0 aromatic heterocycles. The highest BCUT2D eigenvalue weighted by atomic mass is 16.5. The van der Waals surface area contributed by atoms with E-state index in [1.807, 2.05) is 18.2 Å². The van der Waals surface area contributed by atoms with Crippen LogP contribution in [0.15, 0.2) is 18.2 Å². The molecule has 0 saturated heterocycles. The molecule has 2 rings (SSSR count). The molecule has 1 aromatic rings. The molecule has 3 heteroatoms. The number of ketones is 1. The van der Waals surface area contributed by atoms with Crippen LogP contribution >= 0.6 is 0 Å². The van der Waals surface area contributed by atoms with Gasteiger partial charge in [0.25, 0.3) is 0 Å². The highest BCUT2D eigenvalue weighted by molar-refractivity contribution is 5.82. The van der Waals surface area contributed by atoms with E-state index in [0.29, 0.717) is 5.92 Å². The summed E-state index contributed by atoms with van der Waals surface area (Å²) in [4.78, 5) is 11.2. The third-order valence-electron chi connectivity index (χ3n) is 3.15. The largest absolute Gasteiger partial charge is 0.497 e. The Morgan fingerprint density at radius 1 is 1.31 bits per heavy atom. The third-order valence-corrected chi connectivity index (χ3v) is 3.15. The second-order valence-corrected chi connectivity index (χ2v) is 4.17. The number of ether oxygens (including phenoxy) is 2. The molecule has 0 N–H and O–H groups in total. The molecule has 1 aliphatic rings. The first-order valence-corrected chi connectivity index (χ1v) is 5.39. The number of hydrogen-bond acceptors (Lipinski definition) is 3. The molecule has 3 nitrogen and oxygen atoms in total. The van der Waals surface area contributed by atoms with Gasteiger partial charge >= 0.3 is 0 Å². The Morgan fingerprint density at radius 3 is 2.56 bits per heavy atom. The third kappa shape index (κ3) is 1.90. The zero-order valence-corrected chi connectivity index (χ0v) is 9.82. The van der Waals surface area contributed by atoms with Crippen molar-refractivity contribution >= 4 is 5.78 Å². The standard InChI is InChI=1S/C13H16O3/c1-8(14)11-7-12(11)10-5-4-9(15-2)6-13(10)16-3/h4-6,11-12H,7H2,1-3H3/t11-,12?/m1/s1. The van der Waals surface area contributed by atoms with Gasteiger partial charge in [-0.25, -0.2) is 0 Å². The fourth-order valence-electron chi connectivity index (χ4n) is 2.11. The van der Waals surface area contributed by atoms with E-state index in [4.69, 9.17) is 9.47 Å². The van der Waals surface area contributed by atoms with E-state index in [1.54, 1.807) is 21.1 Å². The minimum absolute atomic E-state index is 0.183. The minimum Gasteiger partial charge on any atom is -0.497 e. The van der Waals surface area contributed by atoms with Crippen molar-refractivity contribution in [3.63, 3.8) is 0 Å². The molecule has 16 heavy (non-hydrogen) atoms. The summed E-state index contributed by atoms with van der Waals surface area (Å²) >= 11 is 0. The first kappa shape index (κ1) is 11.0. The van der Waals surface area contributed by atoms with E-state index in [1.165, 1.54) is 0 Å². The van der Waals surface area contributed by atoms with Crippen LogP contribution in [-0.2, 0) is 4.79 Å². The average molecular weight is 220 g/mol. The molecule has 1 fully saturated rings. The number of benzene rings is 1. The van der Waals surface area contributed by atoms with Crippen LogP contribution in [-0.4, -0.2) is 20.0 Å². The smallest absolute Gasteiger partial charge is 0.133 e. The van der Waals surface area contributed by atoms with Gasteiger partial charge in [0.1, 0.15) is 17.3 Å². The van der Waals surface area contributed by atoms with Crippen molar-refractivity contribution in [1.82, 2.24) is 0 Å². The van der Waals surface area contributed by atoms with Crippen LogP contribution in [0.25, 0.3) is 0 Å². The first-order chi connectivity index (χ1) is 7.67. The molecule has 0 bridgehead atoms. The van der Waals surface area contributed by atoms with Gasteiger partial charge in [0.15, 0.2) is 0 Å². The molecule has 0 amide bonds. The van der Waals surface area contributed by atoms with Gasteiger partial charge in [-0.05, 0) is 30.9 Å². The summed E-state index contributed by atoms with van der Waals surface area (Å²) in [5.74, 6) is 2.37. The zero-order valence-electron chi connectivity index (χ0n) is 9.82. The Hall–Kier alpha value is -1.51. The number of carbonyl (C=O) groups excluding carboxylic acids is 1. The van der Waals surface area contributed by atoms with Gasteiger partial charge < -0.3 is 9.47 Å². The number of methoxy groups -OCH3 is 2. The maximum absolute atomic E-state index is 11.2. The molecule has 1 aliphatic carbocycles. The van der Waals surface area contributed by atoms with Crippen molar-refractivity contribution in [1.29, 1.82) is 0 Å². The minimum atomic E-state index is 0.183. The Bertz CT molecular complexity index is 412. The van der Waals surface area contributed by atoms with Crippen molar-refractivity contribution < 1.29 is 14.3 Å². The van der Waals surface area contributed by atoms with Gasteiger partial charge in [-0.1, -0.05) is 6.07 Å². The van der Waals surface area contributed by atoms with Crippen molar-refractivity contribution in [2.24, 2.45) is 5.92 Å². The summed E-state index contributed by atoms with van der Waals surface area (Å²) in [5.41, 5.74) is 1.11. The molecule has 0 radical (unpaired) electrons. The Balaban J connectivity index is 2.25. The van der Waals surface area contributed by atoms with E-state index < -0.39 is 0 Å². The second-order valence-electron chi connectivity index (χ2n) is 4.17. The van der Waals surface area contributed by atoms with Crippen LogP contribution in [0.3, 0.4) is 0 Å². The molecule has 0 spiro atoms. The first-order valence-electron chi connectivity index (χ1n) is 5.39. The van der Waals surface area contributed by atoms with Gasteiger partial charge in [0.2, 0.25) is 0 Å². The average Bonchev–Trinajstić information content (AvgIpc) is 3.08. The number of Topliss-reactive ketones (excluding diaryl/α,β-unsaturated/α-hetero) is 1. The summed E-state index contributed by atoms with van der Waals surface area (Å²) in [7, 11) is 3.27. The molecule has 0 aliphatic heterocycles. The lowest BCUT2D eigenvalue weighted by Gasteiger charge is -2.09. The molecule has 86 valence electrons. The monoisotopic (exact) mass is 220 g/mol. The molecule has 1 saturated carbocycles. The van der Waals surface area contributed by atoms with E-state index in [-0.39, 0.29) is 11.7 Å². The molecule has 1 aromatic carbocycles. The lowest BCUT2D eigenvalue weighted by Crippen LogP contribution is -1.97. The van der Waals surface area contributed by atoms with Gasteiger partial charge in [0.05, 0.1) is 14.2 Å². The fraction of sp³-hybridized carbons (Fsp3) is 0.462. The Kier molecular flexibility index (Phi) is 2.86. The van der Waals surface area contributed by atoms with E-state index >= 15 is 0 Å². The van der Waals surface area contributed by atoms with Crippen LogP contribution in [0.2, 0.25) is 0 Å². The lowest BCUT2D eigenvalue weighted by atomic mass is 10.1. The fourth-order valence-corrected chi connectivity index (χ4v) is 2.11. The molecular formula is C13H16O3. The maximum Gasteiger partial charge on any atom is 0.133 e. The van der Waals surface area contributed by atoms with E-state index in [9.17, 15) is 4.79 Å². The SMILES string of the molecule is COc1ccc(C2C[C@@H]2C(C)=O)c(OC)c1. The van der Waals surface area contributed by atoms with Crippen LogP contribution in [0.4, 0.5) is 0 Å². The predicted molar refractivity (Wildman–Crippen MR) is 61.1 cm³/mol. The van der Waals surface area contributed by atoms with Crippen LogP contribution in [0.5, 0.6) is 11.5 Å². The van der Waals surface area contributed by atoms with E-state index in [2.05, 4.69) is 0 Å². The number of rotatable bonds is 4. The van der Waals surface area contributed by atoms with Gasteiger partial charge in [-0.3, -0.25) is 4.79 Å². The highest BCUT2D eigenvalue weighted by Gasteiger charge is 2.43. The Morgan fingerprint density at radius 2 is 2.06 bits per heavy atom. The summed E-state index contributed by atoms with van der Waals surface area (Å²) in [6.45, 7) is 1.65. The maximum atomic E-state index is 11.2. The van der Waals surface area contributed by atoms with Gasteiger partial charge in [-0.2, -0.15) is 0 Å². The van der Waals surface area contributed by atoms with Crippen molar-refractivity contribution in [3.05, 3.63) is 23.8 Å². The summed E-state index contributed by atoms with van der Waals surface area (Å²) < 4.78 is 10.5. The molecule has 0 heterocycles. The van der Waals surface area contributed by atoms with Crippen molar-refractivity contribution in [3.8, 4) is 11.5 Å². The predicted octanol–water partition coefficient (Wildman–Crippen LogP) is 2.40. The topological polar surface area (TPSA) is 35.5 Å². The molecular weight excluding hydrogens is 204 g/mol. The normalized spacial score (nSPS) is 22.7. The number of carbonyl (C=O) groups is 1. The lowest BCUT2D eigenvalue weighted by molar-refractivity contribution is -0.118. The Labute approximate surface area is 95.4 Å². The second kappa shape index (κ2) is 4.16. The highest BCUT2D eigenvalue weighted by Crippen LogP contribution is 2.51. The molecule has 2 atom stereocenters. The van der Waals surface area contributed by atoms with Gasteiger partial charge in [-0.15, -0.1) is 0 Å². The zero-order chi connectivity index (χ0) is 11.7. The van der Waals surface area contributed by atoms with Crippen molar-refractivity contribution in [2.75, 3.05) is 14.2 Å². The quantitative estimate of drug-likeness (QED) is 0.781. The van der Waals surface area contributed by atoms with Gasteiger partial charge in [0, 0.05) is 12.0 Å².